The van der Waals surface area contributed by atoms with Crippen molar-refractivity contribution < 1.29 is 29.6 Å². The van der Waals surface area contributed by atoms with Crippen molar-refractivity contribution in [1.29, 1.82) is 0 Å². The van der Waals surface area contributed by atoms with E-state index in [2.05, 4.69) is 57.6 Å². The van der Waals surface area contributed by atoms with E-state index in [4.69, 9.17) is 4.74 Å². The quantitative estimate of drug-likeness (QED) is 0.0441. The third-order valence-corrected chi connectivity index (χ3v) is 11.2. The van der Waals surface area contributed by atoms with Crippen molar-refractivity contribution >= 4 is 40.3 Å². The number of nitrogens with one attached hydrogen (secondary N) is 2. The number of nitrogens with zero attached hydrogens (tertiary/aromatic N) is 2. The lowest BCUT2D eigenvalue weighted by molar-refractivity contribution is -0.174. The largest absolute Gasteiger partial charge is 0.506 e. The highest BCUT2D eigenvalue weighted by Crippen LogP contribution is 2.34. The molecule has 1 amide bonds. The Bertz CT molecular complexity index is 1910. The number of benzene rings is 3. The molecule has 1 aliphatic carbocycles. The number of anilines is 1. The molecule has 0 spiro atoms. The summed E-state index contributed by atoms with van der Waals surface area (Å²) in [6.07, 6.45) is 6.26. The van der Waals surface area contributed by atoms with Crippen molar-refractivity contribution in [2.24, 2.45) is 0 Å². The fourth-order valence-electron chi connectivity index (χ4n) is 7.16. The number of ether oxygens (including phenoxy) is 1. The van der Waals surface area contributed by atoms with E-state index in [1.54, 1.807) is 18.2 Å². The summed E-state index contributed by atoms with van der Waals surface area (Å²) in [5, 5.41) is 40.9. The molecule has 274 valence electrons. The average molecular weight is 725 g/mol. The number of aliphatic hydroxyl groups excluding tert-OH is 1. The van der Waals surface area contributed by atoms with Crippen LogP contribution in [0.3, 0.4) is 0 Å². The molecule has 2 aromatic heterocycles. The van der Waals surface area contributed by atoms with E-state index in [9.17, 15) is 24.9 Å². The summed E-state index contributed by atoms with van der Waals surface area (Å²) in [5.74, 6) is -0.616. The van der Waals surface area contributed by atoms with Crippen LogP contribution in [0.25, 0.3) is 10.9 Å². The lowest BCUT2D eigenvalue weighted by Crippen LogP contribution is -2.43. The maximum atomic E-state index is 13.5. The van der Waals surface area contributed by atoms with Gasteiger partial charge in [0.25, 0.3) is 0 Å². The van der Waals surface area contributed by atoms with Gasteiger partial charge in [-0.2, -0.15) is 0 Å². The van der Waals surface area contributed by atoms with E-state index in [0.717, 1.165) is 56.3 Å². The first kappa shape index (κ1) is 37.2. The zero-order valence-electron chi connectivity index (χ0n) is 29.5. The summed E-state index contributed by atoms with van der Waals surface area (Å²) in [4.78, 5) is 27.3. The normalized spacial score (nSPS) is 17.8. The SMILES string of the molecule is CN(CCCn1ccc2cc(CNC[C@H](O)c3ccc(O)c(NC=O)c3)ccc21)C1CCC(OC(=O)C(O)(Cc2ccccc2)c2cccs2)CC1. The van der Waals surface area contributed by atoms with Crippen LogP contribution in [0.15, 0.2) is 96.5 Å². The smallest absolute Gasteiger partial charge is 0.344 e. The Morgan fingerprint density at radius 3 is 2.60 bits per heavy atom. The Morgan fingerprint density at radius 1 is 1.04 bits per heavy atom. The number of esters is 1. The van der Waals surface area contributed by atoms with E-state index in [0.29, 0.717) is 36.0 Å². The minimum atomic E-state index is -1.70. The fraction of sp³-hybridized carbons (Fsp3) is 0.366. The second-order valence-corrected chi connectivity index (χ2v) is 14.7. The number of aliphatic hydroxyl groups is 2. The van der Waals surface area contributed by atoms with Crippen LogP contribution in [-0.4, -0.2) is 69.4 Å². The molecule has 2 heterocycles. The van der Waals surface area contributed by atoms with Gasteiger partial charge in [0, 0.05) is 48.7 Å². The molecule has 5 aromatic rings. The van der Waals surface area contributed by atoms with Crippen molar-refractivity contribution in [2.45, 2.75) is 75.5 Å². The molecule has 1 fully saturated rings. The van der Waals surface area contributed by atoms with Gasteiger partial charge in [-0.05, 0) is 110 Å². The van der Waals surface area contributed by atoms with Crippen LogP contribution in [0.1, 0.15) is 59.8 Å². The van der Waals surface area contributed by atoms with Gasteiger partial charge in [-0.1, -0.05) is 48.5 Å². The van der Waals surface area contributed by atoms with Crippen LogP contribution in [0.5, 0.6) is 5.75 Å². The van der Waals surface area contributed by atoms with Gasteiger partial charge in [-0.15, -0.1) is 11.3 Å². The maximum Gasteiger partial charge on any atom is 0.344 e. The monoisotopic (exact) mass is 724 g/mol. The topological polar surface area (TPSA) is 136 Å². The number of amides is 1. The Labute approximate surface area is 308 Å². The molecule has 52 heavy (non-hydrogen) atoms. The number of rotatable bonds is 17. The lowest BCUT2D eigenvalue weighted by Gasteiger charge is -2.35. The highest BCUT2D eigenvalue weighted by atomic mass is 32.1. The fourth-order valence-corrected chi connectivity index (χ4v) is 7.97. The average Bonchev–Trinajstić information content (AvgIpc) is 3.84. The van der Waals surface area contributed by atoms with Gasteiger partial charge in [0.05, 0.1) is 11.8 Å². The number of hydrogen-bond donors (Lipinski definition) is 5. The number of aromatic nitrogens is 1. The van der Waals surface area contributed by atoms with Crippen LogP contribution in [0, 0.1) is 0 Å². The number of hydrogen-bond acceptors (Lipinski definition) is 9. The van der Waals surface area contributed by atoms with Crippen molar-refractivity contribution in [2.75, 3.05) is 25.5 Å². The van der Waals surface area contributed by atoms with E-state index < -0.39 is 17.7 Å². The Morgan fingerprint density at radius 2 is 1.85 bits per heavy atom. The van der Waals surface area contributed by atoms with E-state index in [-0.39, 0.29) is 24.0 Å². The number of phenols is 1. The Kier molecular flexibility index (Phi) is 12.4. The van der Waals surface area contributed by atoms with Gasteiger partial charge in [0.1, 0.15) is 11.9 Å². The molecular weight excluding hydrogens is 677 g/mol. The van der Waals surface area contributed by atoms with Crippen LogP contribution >= 0.6 is 11.3 Å². The molecule has 5 N–H and O–H groups in total. The third-order valence-electron chi connectivity index (χ3n) is 10.1. The second-order valence-electron chi connectivity index (χ2n) is 13.8. The van der Waals surface area contributed by atoms with Gasteiger partial charge >= 0.3 is 5.97 Å². The molecule has 0 aliphatic heterocycles. The molecule has 1 saturated carbocycles. The summed E-state index contributed by atoms with van der Waals surface area (Å²) >= 11 is 1.37. The molecule has 6 rings (SSSR count). The molecule has 1 unspecified atom stereocenters. The molecular formula is C41H48N4O6S. The van der Waals surface area contributed by atoms with Crippen molar-refractivity contribution in [3.05, 3.63) is 118 Å². The Hall–Kier alpha value is -4.52. The summed E-state index contributed by atoms with van der Waals surface area (Å²) in [6, 6.07) is 26.9. The molecule has 3 aromatic carbocycles. The van der Waals surface area contributed by atoms with Crippen LogP contribution in [-0.2, 0) is 39.4 Å². The minimum absolute atomic E-state index is 0.0525. The van der Waals surface area contributed by atoms with Crippen molar-refractivity contribution in [3.8, 4) is 5.75 Å². The zero-order valence-corrected chi connectivity index (χ0v) is 30.3. The van der Waals surface area contributed by atoms with Gasteiger partial charge in [0.2, 0.25) is 12.0 Å². The lowest BCUT2D eigenvalue weighted by atomic mass is 9.90. The van der Waals surface area contributed by atoms with E-state index in [1.807, 2.05) is 41.8 Å². The van der Waals surface area contributed by atoms with E-state index in [1.165, 1.54) is 28.3 Å². The minimum Gasteiger partial charge on any atom is -0.506 e. The highest BCUT2D eigenvalue weighted by molar-refractivity contribution is 7.10. The number of carbonyl (C=O) groups is 2. The number of phenolic OH excluding ortho intramolecular Hbond substituents is 1. The summed E-state index contributed by atoms with van der Waals surface area (Å²) in [5.41, 5.74) is 2.34. The maximum absolute atomic E-state index is 13.5. The first-order valence-corrected chi connectivity index (χ1v) is 18.8. The number of carbonyl (C=O) groups excluding carboxylic acids is 2. The van der Waals surface area contributed by atoms with Crippen LogP contribution in [0.2, 0.25) is 0 Å². The summed E-state index contributed by atoms with van der Waals surface area (Å²) in [6.45, 7) is 2.77. The van der Waals surface area contributed by atoms with E-state index >= 15 is 0 Å². The third kappa shape index (κ3) is 9.09. The van der Waals surface area contributed by atoms with Gasteiger partial charge in [-0.25, -0.2) is 4.79 Å². The van der Waals surface area contributed by atoms with Crippen molar-refractivity contribution in [1.82, 2.24) is 14.8 Å². The highest BCUT2D eigenvalue weighted by Gasteiger charge is 2.42. The molecule has 0 radical (unpaired) electrons. The molecule has 0 bridgehead atoms. The first-order chi connectivity index (χ1) is 25.2. The molecule has 0 saturated heterocycles. The zero-order chi connectivity index (χ0) is 36.5. The molecule has 1 aliphatic rings. The summed E-state index contributed by atoms with van der Waals surface area (Å²) in [7, 11) is 2.18. The van der Waals surface area contributed by atoms with Gasteiger partial charge < -0.3 is 40.2 Å². The predicted molar refractivity (Wildman–Crippen MR) is 204 cm³/mol. The molecule has 10 nitrogen and oxygen atoms in total. The predicted octanol–water partition coefficient (Wildman–Crippen LogP) is 6.11. The number of thiophene rings is 1. The number of aryl methyl sites for hydroxylation is 1. The van der Waals surface area contributed by atoms with Gasteiger partial charge in [0.15, 0.2) is 0 Å². The first-order valence-electron chi connectivity index (χ1n) is 17.9. The van der Waals surface area contributed by atoms with Crippen LogP contribution in [0.4, 0.5) is 5.69 Å². The second kappa shape index (κ2) is 17.3. The number of fused-ring (bicyclic) bond motifs is 1. The van der Waals surface area contributed by atoms with Gasteiger partial charge in [-0.3, -0.25) is 4.79 Å². The molecule has 11 heteroatoms. The standard InChI is InChI=1S/C41H48N4O6S/c1-44(33-12-14-34(15-13-33)51-40(49)41(50,39-9-5-22-52-39)25-29-7-3-2-4-8-29)19-6-20-45-21-18-31-23-30(10-16-36(31)45)26-42-27-38(48)32-11-17-37(47)35(24-32)43-28-46/h2-5,7-11,16-18,21-24,28,33-34,38,42,47-48,50H,6,12-15,19-20,25-27H2,1H3,(H,43,46)/t33?,34?,38-,41?/m0/s1. The summed E-state index contributed by atoms with van der Waals surface area (Å²) < 4.78 is 8.28. The molecule has 2 atom stereocenters. The Balaban J connectivity index is 0.934. The van der Waals surface area contributed by atoms with Crippen LogP contribution < -0.4 is 10.6 Å². The number of aromatic hydroxyl groups is 1. The van der Waals surface area contributed by atoms with Crippen molar-refractivity contribution in [3.63, 3.8) is 0 Å².